The van der Waals surface area contributed by atoms with Crippen LogP contribution in [-0.2, 0) is 16.1 Å². The quantitative estimate of drug-likeness (QED) is 0.847. The van der Waals surface area contributed by atoms with Gasteiger partial charge < -0.3 is 15.4 Å². The van der Waals surface area contributed by atoms with E-state index >= 15 is 0 Å². The summed E-state index contributed by atoms with van der Waals surface area (Å²) >= 11 is 0. The van der Waals surface area contributed by atoms with Gasteiger partial charge in [0.1, 0.15) is 0 Å². The van der Waals surface area contributed by atoms with Crippen LogP contribution in [0, 0.1) is 5.92 Å². The summed E-state index contributed by atoms with van der Waals surface area (Å²) in [7, 11) is 0. The van der Waals surface area contributed by atoms with Gasteiger partial charge in [-0.3, -0.25) is 4.79 Å². The van der Waals surface area contributed by atoms with E-state index in [1.54, 1.807) is 0 Å². The van der Waals surface area contributed by atoms with Crippen LogP contribution in [0.5, 0.6) is 0 Å². The van der Waals surface area contributed by atoms with Crippen LogP contribution in [0.15, 0.2) is 24.3 Å². The number of rotatable bonds is 6. The first-order valence-electron chi connectivity index (χ1n) is 7.94. The van der Waals surface area contributed by atoms with Gasteiger partial charge in [0.25, 0.3) is 0 Å². The molecule has 1 saturated heterocycles. The lowest BCUT2D eigenvalue weighted by atomic mass is 9.90. The van der Waals surface area contributed by atoms with Gasteiger partial charge in [-0.1, -0.05) is 31.5 Å². The van der Waals surface area contributed by atoms with Gasteiger partial charge in [-0.2, -0.15) is 0 Å². The van der Waals surface area contributed by atoms with E-state index in [1.807, 2.05) is 31.2 Å². The molecule has 1 aliphatic rings. The van der Waals surface area contributed by atoms with E-state index in [0.717, 1.165) is 30.6 Å². The number of nitrogens with one attached hydrogen (secondary N) is 2. The van der Waals surface area contributed by atoms with Crippen LogP contribution in [0.2, 0.25) is 0 Å². The highest BCUT2D eigenvalue weighted by molar-refractivity contribution is 5.95. The Labute approximate surface area is 127 Å². The molecule has 1 fully saturated rings. The van der Waals surface area contributed by atoms with E-state index in [0.29, 0.717) is 19.1 Å². The third-order valence-corrected chi connectivity index (χ3v) is 4.14. The average Bonchev–Trinajstić information content (AvgIpc) is 2.54. The maximum Gasteiger partial charge on any atom is 0.241 e. The number of amides is 1. The summed E-state index contributed by atoms with van der Waals surface area (Å²) in [4.78, 5) is 12.4. The van der Waals surface area contributed by atoms with Crippen molar-refractivity contribution in [2.75, 3.05) is 18.5 Å². The van der Waals surface area contributed by atoms with E-state index in [9.17, 15) is 4.79 Å². The molecule has 1 aromatic carbocycles. The third kappa shape index (κ3) is 4.55. The Morgan fingerprint density at radius 3 is 2.95 bits per heavy atom. The molecule has 2 atom stereocenters. The van der Waals surface area contributed by atoms with Crippen LogP contribution in [-0.4, -0.2) is 25.1 Å². The molecule has 0 aromatic heterocycles. The minimum atomic E-state index is -0.0798. The largest absolute Gasteiger partial charge is 0.377 e. The Morgan fingerprint density at radius 1 is 1.38 bits per heavy atom. The van der Waals surface area contributed by atoms with Crippen LogP contribution in [0.25, 0.3) is 0 Å². The number of hydrogen-bond acceptors (Lipinski definition) is 3. The molecular weight excluding hydrogens is 264 g/mol. The maximum absolute atomic E-state index is 12.4. The molecule has 1 heterocycles. The van der Waals surface area contributed by atoms with Crippen molar-refractivity contribution in [3.05, 3.63) is 29.8 Å². The van der Waals surface area contributed by atoms with Crippen molar-refractivity contribution in [2.24, 2.45) is 5.92 Å². The summed E-state index contributed by atoms with van der Waals surface area (Å²) in [6.07, 6.45) is 3.24. The van der Waals surface area contributed by atoms with Gasteiger partial charge in [-0.25, -0.2) is 0 Å². The molecule has 4 heteroatoms. The number of piperidine rings is 1. The van der Waals surface area contributed by atoms with Crippen LogP contribution >= 0.6 is 0 Å². The zero-order valence-electron chi connectivity index (χ0n) is 13.0. The molecule has 4 nitrogen and oxygen atoms in total. The summed E-state index contributed by atoms with van der Waals surface area (Å²) in [5.41, 5.74) is 1.88. The van der Waals surface area contributed by atoms with Gasteiger partial charge in [0.2, 0.25) is 5.91 Å². The number of anilines is 1. The molecule has 116 valence electrons. The van der Waals surface area contributed by atoms with Crippen molar-refractivity contribution < 1.29 is 9.53 Å². The van der Waals surface area contributed by atoms with Crippen LogP contribution in [0.3, 0.4) is 0 Å². The molecule has 2 unspecified atom stereocenters. The number of carbonyl (C=O) groups is 1. The highest BCUT2D eigenvalue weighted by Gasteiger charge is 2.26. The summed E-state index contributed by atoms with van der Waals surface area (Å²) < 4.78 is 5.45. The third-order valence-electron chi connectivity index (χ3n) is 4.14. The normalized spacial score (nSPS) is 22.0. The van der Waals surface area contributed by atoms with E-state index in [-0.39, 0.29) is 11.9 Å². The van der Waals surface area contributed by atoms with Gasteiger partial charge in [-0.15, -0.1) is 0 Å². The minimum Gasteiger partial charge on any atom is -0.377 e. The molecule has 0 aliphatic carbocycles. The summed E-state index contributed by atoms with van der Waals surface area (Å²) in [6, 6.07) is 7.76. The summed E-state index contributed by atoms with van der Waals surface area (Å²) in [6.45, 7) is 6.30. The van der Waals surface area contributed by atoms with Crippen molar-refractivity contribution in [1.29, 1.82) is 0 Å². The first-order chi connectivity index (χ1) is 10.2. The Kier molecular flexibility index (Phi) is 6.21. The molecule has 0 saturated carbocycles. The fraction of sp³-hybridized carbons (Fsp3) is 0.588. The van der Waals surface area contributed by atoms with Crippen molar-refractivity contribution in [3.63, 3.8) is 0 Å². The molecule has 0 spiro atoms. The lowest BCUT2D eigenvalue weighted by Crippen LogP contribution is -2.46. The highest BCUT2D eigenvalue weighted by Crippen LogP contribution is 2.21. The highest BCUT2D eigenvalue weighted by atomic mass is 16.5. The predicted octanol–water partition coefficient (Wildman–Crippen LogP) is 2.94. The van der Waals surface area contributed by atoms with Crippen LogP contribution in [0.4, 0.5) is 5.69 Å². The van der Waals surface area contributed by atoms with Crippen molar-refractivity contribution in [2.45, 2.75) is 45.8 Å². The monoisotopic (exact) mass is 290 g/mol. The number of ether oxygens (including phenoxy) is 1. The van der Waals surface area contributed by atoms with Crippen molar-refractivity contribution in [1.82, 2.24) is 5.32 Å². The van der Waals surface area contributed by atoms with E-state index in [1.165, 1.54) is 6.42 Å². The van der Waals surface area contributed by atoms with Crippen LogP contribution < -0.4 is 10.6 Å². The first kappa shape index (κ1) is 16.0. The SMILES string of the molecule is CCOCc1ccccc1NC(=O)C1CC(CC)CCN1. The smallest absolute Gasteiger partial charge is 0.241 e. The summed E-state index contributed by atoms with van der Waals surface area (Å²) in [5, 5.41) is 6.38. The Balaban J connectivity index is 1.98. The molecule has 1 aliphatic heterocycles. The second-order valence-electron chi connectivity index (χ2n) is 5.59. The fourth-order valence-corrected chi connectivity index (χ4v) is 2.77. The lowest BCUT2D eigenvalue weighted by molar-refractivity contribution is -0.119. The van der Waals surface area contributed by atoms with Crippen molar-refractivity contribution >= 4 is 11.6 Å². The molecule has 0 bridgehead atoms. The fourth-order valence-electron chi connectivity index (χ4n) is 2.77. The predicted molar refractivity (Wildman–Crippen MR) is 85.2 cm³/mol. The van der Waals surface area contributed by atoms with Gasteiger partial charge in [0.05, 0.1) is 12.6 Å². The lowest BCUT2D eigenvalue weighted by Gasteiger charge is -2.29. The molecule has 1 aromatic rings. The molecular formula is C17H26N2O2. The second kappa shape index (κ2) is 8.15. The number of carbonyl (C=O) groups excluding carboxylic acids is 1. The molecule has 2 rings (SSSR count). The van der Waals surface area contributed by atoms with Gasteiger partial charge in [0, 0.05) is 17.9 Å². The summed E-state index contributed by atoms with van der Waals surface area (Å²) in [5.74, 6) is 0.720. The molecule has 0 radical (unpaired) electrons. The Morgan fingerprint density at radius 2 is 2.19 bits per heavy atom. The van der Waals surface area contributed by atoms with Crippen LogP contribution in [0.1, 0.15) is 38.7 Å². The zero-order chi connectivity index (χ0) is 15.1. The molecule has 1 amide bonds. The standard InChI is InChI=1S/C17H26N2O2/c1-3-13-9-10-18-16(11-13)17(20)19-15-8-6-5-7-14(15)12-21-4-2/h5-8,13,16,18H,3-4,9-12H2,1-2H3,(H,19,20). The van der Waals surface area contributed by atoms with Gasteiger partial charge in [0.15, 0.2) is 0 Å². The van der Waals surface area contributed by atoms with Gasteiger partial charge in [-0.05, 0) is 38.3 Å². The maximum atomic E-state index is 12.4. The zero-order valence-corrected chi connectivity index (χ0v) is 13.0. The van der Waals surface area contributed by atoms with E-state index in [2.05, 4.69) is 17.6 Å². The Hall–Kier alpha value is -1.39. The van der Waals surface area contributed by atoms with E-state index in [4.69, 9.17) is 4.74 Å². The first-order valence-corrected chi connectivity index (χ1v) is 7.94. The molecule has 21 heavy (non-hydrogen) atoms. The number of para-hydroxylation sites is 1. The van der Waals surface area contributed by atoms with E-state index < -0.39 is 0 Å². The molecule has 2 N–H and O–H groups in total. The Bertz CT molecular complexity index is 462. The van der Waals surface area contributed by atoms with Crippen molar-refractivity contribution in [3.8, 4) is 0 Å². The topological polar surface area (TPSA) is 50.4 Å². The number of benzene rings is 1. The minimum absolute atomic E-state index is 0.0668. The van der Waals surface area contributed by atoms with Gasteiger partial charge >= 0.3 is 0 Å². The number of hydrogen-bond donors (Lipinski definition) is 2. The second-order valence-corrected chi connectivity index (χ2v) is 5.59. The average molecular weight is 290 g/mol.